The zero-order valence-electron chi connectivity index (χ0n) is 12.3. The van der Waals surface area contributed by atoms with Gasteiger partial charge in [0.05, 0.1) is 0 Å². The lowest BCUT2D eigenvalue weighted by atomic mass is 9.89. The highest BCUT2D eigenvalue weighted by atomic mass is 14.6. The molecular formula is C20H19N. The van der Waals surface area contributed by atoms with Crippen molar-refractivity contribution in [2.75, 3.05) is 0 Å². The largest absolute Gasteiger partial charge is 0.324 e. The summed E-state index contributed by atoms with van der Waals surface area (Å²) in [6.45, 7) is 2.19. The molecule has 21 heavy (non-hydrogen) atoms. The Morgan fingerprint density at radius 3 is 2.14 bits per heavy atom. The highest BCUT2D eigenvalue weighted by Gasteiger charge is 2.13. The minimum Gasteiger partial charge on any atom is -0.324 e. The van der Waals surface area contributed by atoms with E-state index >= 15 is 0 Å². The maximum absolute atomic E-state index is 6.40. The molecule has 0 saturated carbocycles. The molecule has 0 aliphatic heterocycles. The van der Waals surface area contributed by atoms with Gasteiger partial charge in [-0.2, -0.15) is 0 Å². The van der Waals surface area contributed by atoms with Gasteiger partial charge in [0.25, 0.3) is 0 Å². The van der Waals surface area contributed by atoms with Gasteiger partial charge in [-0.25, -0.2) is 0 Å². The third-order valence-electron chi connectivity index (χ3n) is 4.56. The maximum Gasteiger partial charge on any atom is 0.0300 e. The van der Waals surface area contributed by atoms with Crippen LogP contribution < -0.4 is 5.73 Å². The van der Waals surface area contributed by atoms with Gasteiger partial charge in [-0.15, -0.1) is 0 Å². The van der Waals surface area contributed by atoms with Gasteiger partial charge in [-0.1, -0.05) is 67.9 Å². The topological polar surface area (TPSA) is 26.0 Å². The minimum atomic E-state index is 0.125. The van der Waals surface area contributed by atoms with E-state index in [2.05, 4.69) is 61.5 Å². The Bertz CT molecular complexity index is 907. The van der Waals surface area contributed by atoms with Crippen molar-refractivity contribution in [3.05, 3.63) is 60.2 Å². The van der Waals surface area contributed by atoms with E-state index in [9.17, 15) is 0 Å². The number of nitrogens with two attached hydrogens (primary N) is 1. The summed E-state index contributed by atoms with van der Waals surface area (Å²) >= 11 is 0. The van der Waals surface area contributed by atoms with Crippen molar-refractivity contribution in [2.45, 2.75) is 25.8 Å². The molecule has 0 heterocycles. The van der Waals surface area contributed by atoms with Crippen LogP contribution in [0.5, 0.6) is 0 Å². The predicted octanol–water partition coefficient (Wildman–Crippen LogP) is 5.38. The van der Waals surface area contributed by atoms with Crippen molar-refractivity contribution in [1.82, 2.24) is 0 Å². The van der Waals surface area contributed by atoms with Crippen molar-refractivity contribution in [1.29, 1.82) is 0 Å². The molecule has 4 rings (SSSR count). The van der Waals surface area contributed by atoms with Crippen molar-refractivity contribution in [3.8, 4) is 0 Å². The second kappa shape index (κ2) is 4.71. The number of hydrogen-bond donors (Lipinski definition) is 1. The fourth-order valence-electron chi connectivity index (χ4n) is 3.55. The Morgan fingerprint density at radius 2 is 1.43 bits per heavy atom. The molecular weight excluding hydrogens is 254 g/mol. The predicted molar refractivity (Wildman–Crippen MR) is 92.0 cm³/mol. The van der Waals surface area contributed by atoms with Gasteiger partial charge in [-0.05, 0) is 44.3 Å². The van der Waals surface area contributed by atoms with Crippen molar-refractivity contribution in [3.63, 3.8) is 0 Å². The van der Waals surface area contributed by atoms with Crippen molar-refractivity contribution < 1.29 is 0 Å². The standard InChI is InChI=1S/C20H19N/c1-2-4-18(21)16-11-9-15-8-7-13-5-3-6-14-10-12-17(16)20(15)19(13)14/h3,5-12,18H,2,4,21H2,1H3/t18-/m1/s1. The van der Waals surface area contributed by atoms with Crippen LogP contribution >= 0.6 is 0 Å². The van der Waals surface area contributed by atoms with Gasteiger partial charge in [0.15, 0.2) is 0 Å². The number of benzene rings is 4. The quantitative estimate of drug-likeness (QED) is 0.498. The molecule has 1 heteroatoms. The van der Waals surface area contributed by atoms with E-state index in [-0.39, 0.29) is 6.04 Å². The zero-order chi connectivity index (χ0) is 14.4. The molecule has 0 bridgehead atoms. The molecule has 0 radical (unpaired) electrons. The highest BCUT2D eigenvalue weighted by Crippen LogP contribution is 2.37. The summed E-state index contributed by atoms with van der Waals surface area (Å²) in [5.74, 6) is 0. The summed E-state index contributed by atoms with van der Waals surface area (Å²) < 4.78 is 0. The normalized spacial score (nSPS) is 13.4. The summed E-state index contributed by atoms with van der Waals surface area (Å²) in [5, 5.41) is 7.99. The molecule has 0 amide bonds. The monoisotopic (exact) mass is 273 g/mol. The Kier molecular flexibility index (Phi) is 2.83. The van der Waals surface area contributed by atoms with Crippen LogP contribution in [-0.4, -0.2) is 0 Å². The van der Waals surface area contributed by atoms with E-state index in [4.69, 9.17) is 5.73 Å². The molecule has 2 N–H and O–H groups in total. The van der Waals surface area contributed by atoms with Crippen LogP contribution in [0.15, 0.2) is 54.6 Å². The molecule has 0 saturated heterocycles. The molecule has 1 nitrogen and oxygen atoms in total. The lowest BCUT2D eigenvalue weighted by Crippen LogP contribution is -2.10. The average molecular weight is 273 g/mol. The molecule has 4 aromatic carbocycles. The fraction of sp³-hybridized carbons (Fsp3) is 0.200. The van der Waals surface area contributed by atoms with E-state index in [1.165, 1.54) is 37.9 Å². The SMILES string of the molecule is CCC[C@@H](N)c1ccc2ccc3cccc4ccc1c2c34. The molecule has 0 fully saturated rings. The van der Waals surface area contributed by atoms with Crippen LogP contribution in [0.3, 0.4) is 0 Å². The van der Waals surface area contributed by atoms with Gasteiger partial charge >= 0.3 is 0 Å². The van der Waals surface area contributed by atoms with Gasteiger partial charge in [0.1, 0.15) is 0 Å². The van der Waals surface area contributed by atoms with Crippen molar-refractivity contribution in [2.24, 2.45) is 5.73 Å². The molecule has 0 spiro atoms. The summed E-state index contributed by atoms with van der Waals surface area (Å²) in [6.07, 6.45) is 2.15. The summed E-state index contributed by atoms with van der Waals surface area (Å²) in [5.41, 5.74) is 7.68. The van der Waals surface area contributed by atoms with Gasteiger partial charge in [-0.3, -0.25) is 0 Å². The first-order valence-electron chi connectivity index (χ1n) is 7.71. The Hall–Kier alpha value is -2.12. The second-order valence-electron chi connectivity index (χ2n) is 5.91. The Morgan fingerprint density at radius 1 is 0.810 bits per heavy atom. The third kappa shape index (κ3) is 1.81. The van der Waals surface area contributed by atoms with E-state index in [1.807, 2.05) is 0 Å². The molecule has 0 aromatic heterocycles. The molecule has 1 atom stereocenters. The van der Waals surface area contributed by atoms with Crippen LogP contribution in [-0.2, 0) is 0 Å². The number of rotatable bonds is 3. The molecule has 104 valence electrons. The summed E-state index contributed by atoms with van der Waals surface area (Å²) in [7, 11) is 0. The lowest BCUT2D eigenvalue weighted by molar-refractivity contribution is 0.643. The Balaban J connectivity index is 2.15. The smallest absolute Gasteiger partial charge is 0.0300 e. The summed E-state index contributed by atoms with van der Waals surface area (Å²) in [6, 6.07) is 20.0. The van der Waals surface area contributed by atoms with E-state index in [0.717, 1.165) is 12.8 Å². The first-order chi connectivity index (χ1) is 10.3. The first kappa shape index (κ1) is 12.6. The van der Waals surface area contributed by atoms with Gasteiger partial charge in [0, 0.05) is 6.04 Å². The lowest BCUT2D eigenvalue weighted by Gasteiger charge is -2.17. The maximum atomic E-state index is 6.40. The van der Waals surface area contributed by atoms with Crippen LogP contribution in [0.1, 0.15) is 31.4 Å². The number of hydrogen-bond acceptors (Lipinski definition) is 1. The van der Waals surface area contributed by atoms with Crippen LogP contribution in [0, 0.1) is 0 Å². The van der Waals surface area contributed by atoms with E-state index in [1.54, 1.807) is 0 Å². The van der Waals surface area contributed by atoms with Gasteiger partial charge < -0.3 is 5.73 Å². The van der Waals surface area contributed by atoms with Crippen molar-refractivity contribution >= 4 is 32.3 Å². The summed E-state index contributed by atoms with van der Waals surface area (Å²) in [4.78, 5) is 0. The van der Waals surface area contributed by atoms with Gasteiger partial charge in [0.2, 0.25) is 0 Å². The molecule has 0 aliphatic carbocycles. The van der Waals surface area contributed by atoms with E-state index in [0.29, 0.717) is 0 Å². The van der Waals surface area contributed by atoms with E-state index < -0.39 is 0 Å². The molecule has 4 aromatic rings. The fourth-order valence-corrected chi connectivity index (χ4v) is 3.55. The Labute approximate surface area is 124 Å². The highest BCUT2D eigenvalue weighted by molar-refractivity contribution is 6.23. The minimum absolute atomic E-state index is 0.125. The van der Waals surface area contributed by atoms with Crippen LogP contribution in [0.4, 0.5) is 0 Å². The second-order valence-corrected chi connectivity index (χ2v) is 5.91. The molecule has 0 aliphatic rings. The average Bonchev–Trinajstić information content (AvgIpc) is 2.52. The van der Waals surface area contributed by atoms with Crippen LogP contribution in [0.2, 0.25) is 0 Å². The third-order valence-corrected chi connectivity index (χ3v) is 4.56. The molecule has 0 unspecified atom stereocenters. The zero-order valence-corrected chi connectivity index (χ0v) is 12.3. The van der Waals surface area contributed by atoms with Crippen LogP contribution in [0.25, 0.3) is 32.3 Å². The first-order valence-corrected chi connectivity index (χ1v) is 7.71.